The van der Waals surface area contributed by atoms with Gasteiger partial charge in [0.15, 0.2) is 0 Å². The maximum Gasteiger partial charge on any atom is 0.00188 e. The maximum absolute atomic E-state index is 3.29. The predicted molar refractivity (Wildman–Crippen MR) is 67.2 cm³/mol. The van der Waals surface area contributed by atoms with E-state index in [9.17, 15) is 0 Å². The SMILES string of the molecule is CCC(CNC)CN(C)CC1CCCC1. The molecule has 1 saturated carbocycles. The minimum atomic E-state index is 0.821. The molecule has 0 aromatic heterocycles. The number of hydrogen-bond donors (Lipinski definition) is 1. The van der Waals surface area contributed by atoms with Gasteiger partial charge in [-0.3, -0.25) is 0 Å². The van der Waals surface area contributed by atoms with E-state index in [1.165, 1.54) is 45.2 Å². The summed E-state index contributed by atoms with van der Waals surface area (Å²) in [7, 11) is 4.34. The van der Waals surface area contributed by atoms with Crippen LogP contribution < -0.4 is 5.32 Å². The smallest absolute Gasteiger partial charge is 0.00188 e. The second kappa shape index (κ2) is 7.24. The molecule has 0 aromatic carbocycles. The molecule has 2 nitrogen and oxygen atoms in total. The molecule has 2 heteroatoms. The third kappa shape index (κ3) is 4.98. The first-order valence-electron chi connectivity index (χ1n) is 6.59. The molecule has 0 saturated heterocycles. The molecule has 1 unspecified atom stereocenters. The van der Waals surface area contributed by atoms with Gasteiger partial charge in [0.2, 0.25) is 0 Å². The van der Waals surface area contributed by atoms with E-state index in [1.807, 2.05) is 0 Å². The van der Waals surface area contributed by atoms with Crippen LogP contribution in [0.5, 0.6) is 0 Å². The molecule has 0 aromatic rings. The van der Waals surface area contributed by atoms with Gasteiger partial charge in [-0.25, -0.2) is 0 Å². The summed E-state index contributed by atoms with van der Waals surface area (Å²) in [4.78, 5) is 2.54. The zero-order valence-corrected chi connectivity index (χ0v) is 10.8. The molecule has 0 radical (unpaired) electrons. The van der Waals surface area contributed by atoms with E-state index in [0.717, 1.165) is 18.4 Å². The Balaban J connectivity index is 2.17. The van der Waals surface area contributed by atoms with E-state index in [0.29, 0.717) is 0 Å². The van der Waals surface area contributed by atoms with Gasteiger partial charge < -0.3 is 10.2 Å². The minimum absolute atomic E-state index is 0.821. The molecule has 1 atom stereocenters. The van der Waals surface area contributed by atoms with Crippen molar-refractivity contribution < 1.29 is 0 Å². The van der Waals surface area contributed by atoms with Gasteiger partial charge in [-0.05, 0) is 45.3 Å². The van der Waals surface area contributed by atoms with Crippen LogP contribution in [0.1, 0.15) is 39.0 Å². The Labute approximate surface area is 95.4 Å². The van der Waals surface area contributed by atoms with E-state index in [-0.39, 0.29) is 0 Å². The maximum atomic E-state index is 3.29. The third-order valence-corrected chi connectivity index (χ3v) is 3.68. The van der Waals surface area contributed by atoms with Crippen molar-refractivity contribution in [3.05, 3.63) is 0 Å². The molecule has 1 fully saturated rings. The predicted octanol–water partition coefficient (Wildman–Crippen LogP) is 2.35. The Bertz CT molecular complexity index is 153. The highest BCUT2D eigenvalue weighted by atomic mass is 15.1. The summed E-state index contributed by atoms with van der Waals surface area (Å²) in [5.41, 5.74) is 0. The number of rotatable bonds is 7. The molecule has 15 heavy (non-hydrogen) atoms. The average Bonchev–Trinajstić information content (AvgIpc) is 2.69. The number of nitrogens with one attached hydrogen (secondary N) is 1. The van der Waals surface area contributed by atoms with Crippen LogP contribution in [0.4, 0.5) is 0 Å². The van der Waals surface area contributed by atoms with E-state index >= 15 is 0 Å². The molecule has 1 aliphatic rings. The lowest BCUT2D eigenvalue weighted by Crippen LogP contribution is -2.33. The van der Waals surface area contributed by atoms with Crippen molar-refractivity contribution in [3.63, 3.8) is 0 Å². The van der Waals surface area contributed by atoms with Gasteiger partial charge >= 0.3 is 0 Å². The van der Waals surface area contributed by atoms with Crippen molar-refractivity contribution >= 4 is 0 Å². The summed E-state index contributed by atoms with van der Waals surface area (Å²) in [6.45, 7) is 6.03. The van der Waals surface area contributed by atoms with Crippen molar-refractivity contribution in [2.75, 3.05) is 33.7 Å². The van der Waals surface area contributed by atoms with Crippen LogP contribution in [-0.2, 0) is 0 Å². The monoisotopic (exact) mass is 212 g/mol. The summed E-state index contributed by atoms with van der Waals surface area (Å²) >= 11 is 0. The Hall–Kier alpha value is -0.0800. The molecular weight excluding hydrogens is 184 g/mol. The van der Waals surface area contributed by atoms with Gasteiger partial charge in [0.25, 0.3) is 0 Å². The van der Waals surface area contributed by atoms with Gasteiger partial charge in [-0.1, -0.05) is 26.2 Å². The fourth-order valence-electron chi connectivity index (χ4n) is 2.78. The first kappa shape index (κ1) is 13.0. The third-order valence-electron chi connectivity index (χ3n) is 3.68. The molecule has 0 amide bonds. The molecule has 0 heterocycles. The highest BCUT2D eigenvalue weighted by Gasteiger charge is 2.18. The van der Waals surface area contributed by atoms with Crippen molar-refractivity contribution in [1.82, 2.24) is 10.2 Å². The summed E-state index contributed by atoms with van der Waals surface area (Å²) in [5, 5.41) is 3.29. The Morgan fingerprint density at radius 2 is 2.00 bits per heavy atom. The van der Waals surface area contributed by atoms with Crippen LogP contribution in [0, 0.1) is 11.8 Å². The largest absolute Gasteiger partial charge is 0.319 e. The van der Waals surface area contributed by atoms with E-state index in [4.69, 9.17) is 0 Å². The summed E-state index contributed by atoms with van der Waals surface area (Å²) in [5.74, 6) is 1.81. The minimum Gasteiger partial charge on any atom is -0.319 e. The number of hydrogen-bond acceptors (Lipinski definition) is 2. The lowest BCUT2D eigenvalue weighted by molar-refractivity contribution is 0.233. The van der Waals surface area contributed by atoms with Gasteiger partial charge in [0.05, 0.1) is 0 Å². The first-order chi connectivity index (χ1) is 7.26. The summed E-state index contributed by atoms with van der Waals surface area (Å²) in [6.07, 6.45) is 7.15. The lowest BCUT2D eigenvalue weighted by atomic mass is 10.0. The fraction of sp³-hybridized carbons (Fsp3) is 1.00. The van der Waals surface area contributed by atoms with Crippen LogP contribution in [0.2, 0.25) is 0 Å². The Kier molecular flexibility index (Phi) is 6.26. The highest BCUT2D eigenvalue weighted by Crippen LogP contribution is 2.25. The van der Waals surface area contributed by atoms with Crippen molar-refractivity contribution in [2.24, 2.45) is 11.8 Å². The molecule has 0 aliphatic heterocycles. The van der Waals surface area contributed by atoms with Crippen LogP contribution in [-0.4, -0.2) is 38.6 Å². The van der Waals surface area contributed by atoms with Crippen molar-refractivity contribution in [3.8, 4) is 0 Å². The van der Waals surface area contributed by atoms with E-state index in [1.54, 1.807) is 0 Å². The van der Waals surface area contributed by atoms with Crippen LogP contribution in [0.3, 0.4) is 0 Å². The number of nitrogens with zero attached hydrogens (tertiary/aromatic N) is 1. The van der Waals surface area contributed by atoms with E-state index < -0.39 is 0 Å². The highest BCUT2D eigenvalue weighted by molar-refractivity contribution is 4.72. The topological polar surface area (TPSA) is 15.3 Å². The average molecular weight is 212 g/mol. The zero-order valence-electron chi connectivity index (χ0n) is 10.8. The summed E-state index contributed by atoms with van der Waals surface area (Å²) < 4.78 is 0. The van der Waals surface area contributed by atoms with Crippen LogP contribution in [0.25, 0.3) is 0 Å². The normalized spacial score (nSPS) is 20.0. The quantitative estimate of drug-likeness (QED) is 0.697. The second-order valence-electron chi connectivity index (χ2n) is 5.20. The summed E-state index contributed by atoms with van der Waals surface area (Å²) in [6, 6.07) is 0. The second-order valence-corrected chi connectivity index (χ2v) is 5.20. The lowest BCUT2D eigenvalue weighted by Gasteiger charge is -2.25. The van der Waals surface area contributed by atoms with Crippen molar-refractivity contribution in [1.29, 1.82) is 0 Å². The zero-order chi connectivity index (χ0) is 11.1. The van der Waals surface area contributed by atoms with Crippen molar-refractivity contribution in [2.45, 2.75) is 39.0 Å². The van der Waals surface area contributed by atoms with Gasteiger partial charge in [-0.15, -0.1) is 0 Å². The standard InChI is InChI=1S/C13H28N2/c1-4-12(9-14-2)10-15(3)11-13-7-5-6-8-13/h12-14H,4-11H2,1-3H3. The fourth-order valence-corrected chi connectivity index (χ4v) is 2.78. The van der Waals surface area contributed by atoms with E-state index in [2.05, 4.69) is 31.2 Å². The van der Waals surface area contributed by atoms with Crippen LogP contribution in [0.15, 0.2) is 0 Å². The first-order valence-corrected chi connectivity index (χ1v) is 6.59. The van der Waals surface area contributed by atoms with Gasteiger partial charge in [0, 0.05) is 13.1 Å². The molecule has 1 aliphatic carbocycles. The van der Waals surface area contributed by atoms with Crippen LogP contribution >= 0.6 is 0 Å². The molecule has 0 spiro atoms. The Morgan fingerprint density at radius 3 is 2.53 bits per heavy atom. The molecule has 90 valence electrons. The Morgan fingerprint density at radius 1 is 1.33 bits per heavy atom. The van der Waals surface area contributed by atoms with Gasteiger partial charge in [0.1, 0.15) is 0 Å². The van der Waals surface area contributed by atoms with Gasteiger partial charge in [-0.2, -0.15) is 0 Å². The molecule has 0 bridgehead atoms. The molecule has 1 rings (SSSR count). The molecular formula is C13H28N2. The molecule has 1 N–H and O–H groups in total.